The lowest BCUT2D eigenvalue weighted by Crippen LogP contribution is -2.53. The zero-order valence-electron chi connectivity index (χ0n) is 18.1. The van der Waals surface area contributed by atoms with E-state index in [0.29, 0.717) is 13.0 Å². The van der Waals surface area contributed by atoms with Crippen molar-refractivity contribution in [2.45, 2.75) is 85.0 Å². The topological polar surface area (TPSA) is 87.3 Å². The molecule has 2 amide bonds. The Hall–Kier alpha value is -1.86. The average Bonchev–Trinajstić information content (AvgIpc) is 2.71. The van der Waals surface area contributed by atoms with E-state index in [1.54, 1.807) is 25.6 Å². The Balaban J connectivity index is 0. The molecule has 0 aromatic heterocycles. The third-order valence-corrected chi connectivity index (χ3v) is 5.03. The number of hydrogen-bond donors (Lipinski definition) is 3. The van der Waals surface area contributed by atoms with Crippen LogP contribution in [0.4, 0.5) is 0 Å². The maximum absolute atomic E-state index is 12.4. The maximum Gasteiger partial charge on any atom is 0.243 e. The Labute approximate surface area is 181 Å². The Morgan fingerprint density at radius 2 is 1.59 bits per heavy atom. The fraction of sp³-hybridized carbons (Fsp3) is 0.591. The molecule has 6 nitrogen and oxygen atoms in total. The van der Waals surface area contributed by atoms with E-state index >= 15 is 0 Å². The molecule has 0 heterocycles. The van der Waals surface area contributed by atoms with Crippen molar-refractivity contribution in [2.24, 2.45) is 0 Å². The highest BCUT2D eigenvalue weighted by molar-refractivity contribution is 7.98. The van der Waals surface area contributed by atoms with Crippen molar-refractivity contribution in [1.29, 1.82) is 0 Å². The van der Waals surface area contributed by atoms with Gasteiger partial charge in [0, 0.05) is 11.4 Å². The van der Waals surface area contributed by atoms with Gasteiger partial charge in [-0.25, -0.2) is 0 Å². The standard InChI is InChI=1S/C19H29N3O3S.C2H6.CH4/c1-6-16(19(25)21-12(2)14(4)23)22-18(24)13(3)20-11-15-9-7-8-10-17(15)26-5;1-2;/h7-10,12-13,16,20H,6,11H2,1-5H3,(H,21,25)(H,22,24);1-2H3;1H4. The van der Waals surface area contributed by atoms with E-state index in [0.717, 1.165) is 10.5 Å². The van der Waals surface area contributed by atoms with Crippen LogP contribution in [0, 0.1) is 0 Å². The predicted octanol–water partition coefficient (Wildman–Crippen LogP) is 3.54. The van der Waals surface area contributed by atoms with Gasteiger partial charge in [0.15, 0.2) is 5.78 Å². The number of benzene rings is 1. The smallest absolute Gasteiger partial charge is 0.243 e. The van der Waals surface area contributed by atoms with Gasteiger partial charge in [0.1, 0.15) is 6.04 Å². The fourth-order valence-electron chi connectivity index (χ4n) is 2.27. The first-order valence-electron chi connectivity index (χ1n) is 9.76. The number of hydrogen-bond acceptors (Lipinski definition) is 5. The molecule has 0 aliphatic rings. The Morgan fingerprint density at radius 3 is 2.10 bits per heavy atom. The highest BCUT2D eigenvalue weighted by Crippen LogP contribution is 2.19. The summed E-state index contributed by atoms with van der Waals surface area (Å²) in [5.41, 5.74) is 1.12. The molecule has 0 aliphatic carbocycles. The summed E-state index contributed by atoms with van der Waals surface area (Å²) >= 11 is 1.66. The van der Waals surface area contributed by atoms with Crippen LogP contribution in [0.1, 0.15) is 61.0 Å². The monoisotopic (exact) mass is 425 g/mol. The molecule has 0 radical (unpaired) electrons. The molecule has 0 aliphatic heterocycles. The molecule has 0 spiro atoms. The minimum absolute atomic E-state index is 0. The minimum Gasteiger partial charge on any atom is -0.345 e. The molecule has 1 aromatic carbocycles. The first-order chi connectivity index (χ1) is 13.3. The SMILES string of the molecule is C.CC.CCC(NC(=O)C(C)NCc1ccccc1SC)C(=O)NC(C)C(C)=O. The van der Waals surface area contributed by atoms with Crippen LogP contribution in [-0.4, -0.2) is 42.0 Å². The van der Waals surface area contributed by atoms with Crippen LogP contribution < -0.4 is 16.0 Å². The molecule has 3 atom stereocenters. The van der Waals surface area contributed by atoms with Gasteiger partial charge < -0.3 is 16.0 Å². The van der Waals surface area contributed by atoms with Gasteiger partial charge in [-0.2, -0.15) is 0 Å². The normalized spacial score (nSPS) is 12.9. The largest absolute Gasteiger partial charge is 0.345 e. The molecule has 7 heteroatoms. The lowest BCUT2D eigenvalue weighted by Gasteiger charge is -2.22. The maximum atomic E-state index is 12.4. The van der Waals surface area contributed by atoms with Gasteiger partial charge in [0.05, 0.1) is 12.1 Å². The number of ketones is 1. The highest BCUT2D eigenvalue weighted by atomic mass is 32.2. The highest BCUT2D eigenvalue weighted by Gasteiger charge is 2.23. The van der Waals surface area contributed by atoms with E-state index in [4.69, 9.17) is 0 Å². The van der Waals surface area contributed by atoms with E-state index in [-0.39, 0.29) is 25.0 Å². The number of nitrogens with one attached hydrogen (secondary N) is 3. The fourth-order valence-corrected chi connectivity index (χ4v) is 2.89. The lowest BCUT2D eigenvalue weighted by molar-refractivity contribution is -0.131. The van der Waals surface area contributed by atoms with Crippen molar-refractivity contribution in [1.82, 2.24) is 16.0 Å². The Kier molecular flexibility index (Phi) is 16.2. The summed E-state index contributed by atoms with van der Waals surface area (Å²) in [6.07, 6.45) is 2.46. The van der Waals surface area contributed by atoms with Gasteiger partial charge in [0.2, 0.25) is 11.8 Å². The van der Waals surface area contributed by atoms with Gasteiger partial charge in [-0.1, -0.05) is 46.4 Å². The Morgan fingerprint density at radius 1 is 1.00 bits per heavy atom. The quantitative estimate of drug-likeness (QED) is 0.499. The minimum atomic E-state index is -0.660. The summed E-state index contributed by atoms with van der Waals surface area (Å²) in [6, 6.07) is 6.35. The van der Waals surface area contributed by atoms with Crippen molar-refractivity contribution in [3.63, 3.8) is 0 Å². The second-order valence-electron chi connectivity index (χ2n) is 6.22. The second-order valence-corrected chi connectivity index (χ2v) is 7.07. The molecule has 0 bridgehead atoms. The van der Waals surface area contributed by atoms with Crippen molar-refractivity contribution in [3.8, 4) is 0 Å². The summed E-state index contributed by atoms with van der Waals surface area (Å²) < 4.78 is 0. The molecule has 0 fully saturated rings. The van der Waals surface area contributed by atoms with Crippen LogP contribution >= 0.6 is 11.8 Å². The summed E-state index contributed by atoms with van der Waals surface area (Å²) in [4.78, 5) is 37.0. The lowest BCUT2D eigenvalue weighted by atomic mass is 10.1. The number of thioether (sulfide) groups is 1. The van der Waals surface area contributed by atoms with E-state index in [2.05, 4.69) is 16.0 Å². The number of rotatable bonds is 10. The molecular formula is C22H39N3O3S. The summed E-state index contributed by atoms with van der Waals surface area (Å²) in [5.74, 6) is -0.713. The molecule has 29 heavy (non-hydrogen) atoms. The first-order valence-corrected chi connectivity index (χ1v) is 11.0. The zero-order chi connectivity index (χ0) is 21.7. The number of amides is 2. The van der Waals surface area contributed by atoms with Gasteiger partial charge in [-0.15, -0.1) is 11.8 Å². The molecule has 1 rings (SSSR count). The van der Waals surface area contributed by atoms with Crippen molar-refractivity contribution in [3.05, 3.63) is 29.8 Å². The second kappa shape index (κ2) is 16.0. The van der Waals surface area contributed by atoms with E-state index in [1.807, 2.05) is 51.3 Å². The molecule has 0 saturated carbocycles. The molecule has 0 saturated heterocycles. The van der Waals surface area contributed by atoms with Crippen LogP contribution in [0.25, 0.3) is 0 Å². The van der Waals surface area contributed by atoms with Gasteiger partial charge >= 0.3 is 0 Å². The predicted molar refractivity (Wildman–Crippen MR) is 123 cm³/mol. The van der Waals surface area contributed by atoms with Crippen LogP contribution in [0.15, 0.2) is 29.2 Å². The van der Waals surface area contributed by atoms with Crippen LogP contribution in [-0.2, 0) is 20.9 Å². The average molecular weight is 426 g/mol. The van der Waals surface area contributed by atoms with Crippen LogP contribution in [0.2, 0.25) is 0 Å². The summed E-state index contributed by atoms with van der Waals surface area (Å²) in [6.45, 7) is 11.2. The third-order valence-electron chi connectivity index (χ3n) is 4.19. The molecule has 1 aromatic rings. The summed E-state index contributed by atoms with van der Waals surface area (Å²) in [5, 5.41) is 8.56. The van der Waals surface area contributed by atoms with Crippen LogP contribution in [0.3, 0.4) is 0 Å². The third kappa shape index (κ3) is 10.5. The van der Waals surface area contributed by atoms with Crippen LogP contribution in [0.5, 0.6) is 0 Å². The van der Waals surface area contributed by atoms with Gasteiger partial charge in [0.25, 0.3) is 0 Å². The number of Topliss-reactive ketones (excluding diaryl/α,β-unsaturated/α-hetero) is 1. The van der Waals surface area contributed by atoms with E-state index in [9.17, 15) is 14.4 Å². The van der Waals surface area contributed by atoms with Crippen molar-refractivity contribution >= 4 is 29.4 Å². The Bertz CT molecular complexity index is 637. The number of carbonyl (C=O) groups is 3. The zero-order valence-corrected chi connectivity index (χ0v) is 18.9. The van der Waals surface area contributed by atoms with Crippen molar-refractivity contribution in [2.75, 3.05) is 6.26 Å². The first kappa shape index (κ1) is 29.3. The molecule has 3 N–H and O–H groups in total. The number of carbonyl (C=O) groups excluding carboxylic acids is 3. The molecule has 3 unspecified atom stereocenters. The molecular weight excluding hydrogens is 386 g/mol. The van der Waals surface area contributed by atoms with Gasteiger partial charge in [-0.05, 0) is 45.1 Å². The van der Waals surface area contributed by atoms with E-state index < -0.39 is 18.1 Å². The molecule has 166 valence electrons. The summed E-state index contributed by atoms with van der Waals surface area (Å²) in [7, 11) is 0. The van der Waals surface area contributed by atoms with Gasteiger partial charge in [-0.3, -0.25) is 14.4 Å². The van der Waals surface area contributed by atoms with Crippen molar-refractivity contribution < 1.29 is 14.4 Å². The van der Waals surface area contributed by atoms with E-state index in [1.165, 1.54) is 6.92 Å².